The number of piperidine rings is 1. The Kier molecular flexibility index (Phi) is 5.18. The van der Waals surface area contributed by atoms with E-state index in [-0.39, 0.29) is 11.7 Å². The van der Waals surface area contributed by atoms with E-state index >= 15 is 0 Å². The van der Waals surface area contributed by atoms with Gasteiger partial charge in [-0.3, -0.25) is 4.79 Å². The average Bonchev–Trinajstić information content (AvgIpc) is 2.75. The van der Waals surface area contributed by atoms with E-state index in [1.54, 1.807) is 12.1 Å². The summed E-state index contributed by atoms with van der Waals surface area (Å²) in [7, 11) is 0. The van der Waals surface area contributed by atoms with E-state index in [2.05, 4.69) is 14.8 Å². The number of carbonyl (C=O) groups excluding carboxylic acids is 1. The van der Waals surface area contributed by atoms with Gasteiger partial charge in [0.1, 0.15) is 11.6 Å². The molecular formula is C20H24FN5O. The second-order valence-electron chi connectivity index (χ2n) is 7.05. The minimum atomic E-state index is -0.329. The smallest absolute Gasteiger partial charge is 0.253 e. The predicted molar refractivity (Wildman–Crippen MR) is 103 cm³/mol. The van der Waals surface area contributed by atoms with Gasteiger partial charge in [-0.2, -0.15) is 4.98 Å². The zero-order valence-electron chi connectivity index (χ0n) is 15.4. The van der Waals surface area contributed by atoms with Crippen LogP contribution in [0.3, 0.4) is 0 Å². The summed E-state index contributed by atoms with van der Waals surface area (Å²) in [4.78, 5) is 28.0. The largest absolute Gasteiger partial charge is 0.353 e. The van der Waals surface area contributed by atoms with E-state index in [9.17, 15) is 9.18 Å². The molecule has 0 spiro atoms. The molecular weight excluding hydrogens is 345 g/mol. The average molecular weight is 369 g/mol. The lowest BCUT2D eigenvalue weighted by atomic mass is 10.1. The van der Waals surface area contributed by atoms with Gasteiger partial charge < -0.3 is 14.7 Å². The molecule has 1 aromatic carbocycles. The van der Waals surface area contributed by atoms with Crippen molar-refractivity contribution in [3.8, 4) is 0 Å². The van der Waals surface area contributed by atoms with Gasteiger partial charge in [-0.15, -0.1) is 0 Å². The van der Waals surface area contributed by atoms with E-state index in [0.29, 0.717) is 18.7 Å². The first-order chi connectivity index (χ1) is 13.2. The van der Waals surface area contributed by atoms with Gasteiger partial charge in [0.15, 0.2) is 0 Å². The number of hydrogen-bond acceptors (Lipinski definition) is 5. The molecule has 1 aromatic heterocycles. The van der Waals surface area contributed by atoms with Crippen molar-refractivity contribution >= 4 is 17.7 Å². The molecule has 2 aliphatic heterocycles. The summed E-state index contributed by atoms with van der Waals surface area (Å²) >= 11 is 0. The minimum Gasteiger partial charge on any atom is -0.353 e. The maximum atomic E-state index is 13.1. The summed E-state index contributed by atoms with van der Waals surface area (Å²) in [6.45, 7) is 4.73. The third-order valence-electron chi connectivity index (χ3n) is 5.25. The third kappa shape index (κ3) is 4.02. The summed E-state index contributed by atoms with van der Waals surface area (Å²) in [5.41, 5.74) is 0.527. The Morgan fingerprint density at radius 3 is 2.26 bits per heavy atom. The molecule has 0 radical (unpaired) electrons. The van der Waals surface area contributed by atoms with Crippen molar-refractivity contribution in [2.24, 2.45) is 0 Å². The van der Waals surface area contributed by atoms with Crippen LogP contribution in [0, 0.1) is 5.82 Å². The number of carbonyl (C=O) groups is 1. The molecule has 0 saturated carbocycles. The van der Waals surface area contributed by atoms with Crippen LogP contribution in [0.1, 0.15) is 29.6 Å². The van der Waals surface area contributed by atoms with E-state index in [1.807, 2.05) is 17.2 Å². The Bertz CT molecular complexity index is 783. The molecule has 27 heavy (non-hydrogen) atoms. The van der Waals surface area contributed by atoms with Crippen molar-refractivity contribution < 1.29 is 9.18 Å². The molecule has 0 bridgehead atoms. The maximum absolute atomic E-state index is 13.1. The SMILES string of the molecule is O=C(c1ccc(F)cc1)N1CCN(c2ccnc(N3CCCCC3)n2)CC1. The zero-order chi connectivity index (χ0) is 18.6. The van der Waals surface area contributed by atoms with Gasteiger partial charge in [-0.1, -0.05) is 0 Å². The summed E-state index contributed by atoms with van der Waals surface area (Å²) in [6, 6.07) is 7.67. The highest BCUT2D eigenvalue weighted by molar-refractivity contribution is 5.94. The van der Waals surface area contributed by atoms with Crippen LogP contribution in [-0.2, 0) is 0 Å². The summed E-state index contributed by atoms with van der Waals surface area (Å²) in [5.74, 6) is 1.34. The number of hydrogen-bond donors (Lipinski definition) is 0. The van der Waals surface area contributed by atoms with Crippen molar-refractivity contribution in [1.29, 1.82) is 0 Å². The zero-order valence-corrected chi connectivity index (χ0v) is 15.4. The van der Waals surface area contributed by atoms with Gasteiger partial charge >= 0.3 is 0 Å². The molecule has 6 nitrogen and oxygen atoms in total. The van der Waals surface area contributed by atoms with E-state index < -0.39 is 0 Å². The van der Waals surface area contributed by atoms with Gasteiger partial charge in [0.2, 0.25) is 5.95 Å². The Hall–Kier alpha value is -2.70. The Morgan fingerprint density at radius 1 is 0.852 bits per heavy atom. The molecule has 2 saturated heterocycles. The Balaban J connectivity index is 1.39. The van der Waals surface area contributed by atoms with Crippen molar-refractivity contribution in [3.05, 3.63) is 47.9 Å². The number of benzene rings is 1. The fourth-order valence-electron chi connectivity index (χ4n) is 3.68. The van der Waals surface area contributed by atoms with Crippen LogP contribution in [-0.4, -0.2) is 60.0 Å². The number of nitrogens with zero attached hydrogens (tertiary/aromatic N) is 5. The molecule has 4 rings (SSSR count). The number of anilines is 2. The summed E-state index contributed by atoms with van der Waals surface area (Å²) in [6.07, 6.45) is 5.48. The predicted octanol–water partition coefficient (Wildman–Crippen LogP) is 2.57. The molecule has 2 fully saturated rings. The van der Waals surface area contributed by atoms with Crippen molar-refractivity contribution in [2.75, 3.05) is 49.1 Å². The fourth-order valence-corrected chi connectivity index (χ4v) is 3.68. The molecule has 2 aromatic rings. The van der Waals surface area contributed by atoms with Crippen molar-refractivity contribution in [2.45, 2.75) is 19.3 Å². The standard InChI is InChI=1S/C20H24FN5O/c21-17-6-4-16(5-7-17)19(27)25-14-12-24(13-15-25)18-8-9-22-20(23-18)26-10-2-1-3-11-26/h4-9H,1-3,10-15H2. The highest BCUT2D eigenvalue weighted by Gasteiger charge is 2.23. The summed E-state index contributed by atoms with van der Waals surface area (Å²) in [5, 5.41) is 0. The van der Waals surface area contributed by atoms with Gasteiger partial charge in [0.05, 0.1) is 0 Å². The highest BCUT2D eigenvalue weighted by Crippen LogP contribution is 2.20. The number of piperazine rings is 1. The lowest BCUT2D eigenvalue weighted by molar-refractivity contribution is 0.0746. The van der Waals surface area contributed by atoms with Crippen LogP contribution in [0.5, 0.6) is 0 Å². The molecule has 0 atom stereocenters. The van der Waals surface area contributed by atoms with Crippen LogP contribution in [0.25, 0.3) is 0 Å². The van der Waals surface area contributed by atoms with Crippen LogP contribution in [0.2, 0.25) is 0 Å². The number of amides is 1. The Labute approximate surface area is 158 Å². The second kappa shape index (κ2) is 7.90. The molecule has 0 unspecified atom stereocenters. The van der Waals surface area contributed by atoms with Gasteiger partial charge in [0, 0.05) is 51.0 Å². The second-order valence-corrected chi connectivity index (χ2v) is 7.05. The normalized spacial score (nSPS) is 17.9. The van der Waals surface area contributed by atoms with Crippen LogP contribution in [0.4, 0.5) is 16.2 Å². The van der Waals surface area contributed by atoms with Gasteiger partial charge in [-0.05, 0) is 49.6 Å². The molecule has 0 aliphatic carbocycles. The van der Waals surface area contributed by atoms with E-state index in [1.165, 1.54) is 31.4 Å². The Morgan fingerprint density at radius 2 is 1.56 bits per heavy atom. The molecule has 2 aliphatic rings. The first-order valence-corrected chi connectivity index (χ1v) is 9.58. The molecule has 3 heterocycles. The number of halogens is 1. The topological polar surface area (TPSA) is 52.6 Å². The molecule has 1 amide bonds. The fraction of sp³-hybridized carbons (Fsp3) is 0.450. The lowest BCUT2D eigenvalue weighted by Crippen LogP contribution is -2.49. The molecule has 0 N–H and O–H groups in total. The maximum Gasteiger partial charge on any atom is 0.253 e. The van der Waals surface area contributed by atoms with Crippen LogP contribution >= 0.6 is 0 Å². The lowest BCUT2D eigenvalue weighted by Gasteiger charge is -2.36. The third-order valence-corrected chi connectivity index (χ3v) is 5.25. The van der Waals surface area contributed by atoms with Crippen molar-refractivity contribution in [3.63, 3.8) is 0 Å². The highest BCUT2D eigenvalue weighted by atomic mass is 19.1. The van der Waals surface area contributed by atoms with E-state index in [4.69, 9.17) is 4.98 Å². The van der Waals surface area contributed by atoms with Gasteiger partial charge in [-0.25, -0.2) is 9.37 Å². The first-order valence-electron chi connectivity index (χ1n) is 9.58. The van der Waals surface area contributed by atoms with E-state index in [0.717, 1.165) is 37.9 Å². The van der Waals surface area contributed by atoms with Crippen molar-refractivity contribution in [1.82, 2.24) is 14.9 Å². The first kappa shape index (κ1) is 17.7. The monoisotopic (exact) mass is 369 g/mol. The molecule has 7 heteroatoms. The van der Waals surface area contributed by atoms with Crippen LogP contribution in [0.15, 0.2) is 36.5 Å². The summed E-state index contributed by atoms with van der Waals surface area (Å²) < 4.78 is 13.1. The number of rotatable bonds is 3. The minimum absolute atomic E-state index is 0.0497. The molecule has 142 valence electrons. The van der Waals surface area contributed by atoms with Gasteiger partial charge in [0.25, 0.3) is 5.91 Å². The van der Waals surface area contributed by atoms with Crippen LogP contribution < -0.4 is 9.80 Å². The quantitative estimate of drug-likeness (QED) is 0.832. The number of aromatic nitrogens is 2.